The Hall–Kier alpha value is -4.97. The van der Waals surface area contributed by atoms with Gasteiger partial charge in [0.05, 0.1) is 24.6 Å². The molecule has 236 valence electrons. The van der Waals surface area contributed by atoms with Crippen molar-refractivity contribution >= 4 is 29.6 Å². The predicted octanol–water partition coefficient (Wildman–Crippen LogP) is 3.98. The van der Waals surface area contributed by atoms with Crippen molar-refractivity contribution in [1.29, 1.82) is 0 Å². The highest BCUT2D eigenvalue weighted by Crippen LogP contribution is 2.38. The zero-order chi connectivity index (χ0) is 31.5. The molecule has 0 saturated carbocycles. The van der Waals surface area contributed by atoms with Gasteiger partial charge in [0, 0.05) is 92.4 Å². The number of pyridine rings is 1. The lowest BCUT2D eigenvalue weighted by Crippen LogP contribution is -2.48. The van der Waals surface area contributed by atoms with Gasteiger partial charge in [0.1, 0.15) is 5.82 Å². The van der Waals surface area contributed by atoms with E-state index in [1.54, 1.807) is 41.8 Å². The molecule has 1 unspecified atom stereocenters. The fourth-order valence-corrected chi connectivity index (χ4v) is 6.37. The van der Waals surface area contributed by atoms with Gasteiger partial charge in [0.15, 0.2) is 0 Å². The number of carbonyl (C=O) groups is 1. The van der Waals surface area contributed by atoms with Crippen LogP contribution in [-0.4, -0.2) is 88.2 Å². The lowest BCUT2D eigenvalue weighted by atomic mass is 9.85. The van der Waals surface area contributed by atoms with E-state index in [0.717, 1.165) is 47.7 Å². The van der Waals surface area contributed by atoms with E-state index in [4.69, 9.17) is 20.4 Å². The van der Waals surface area contributed by atoms with Gasteiger partial charge in [-0.1, -0.05) is 18.2 Å². The molecule has 7 rings (SSSR count). The molecule has 1 aromatic carbocycles. The number of nitrogens with zero attached hydrogens (tertiary/aromatic N) is 8. The summed E-state index contributed by atoms with van der Waals surface area (Å²) in [5, 5.41) is 0. The number of nitrogens with two attached hydrogens (primary N) is 1. The van der Waals surface area contributed by atoms with Crippen LogP contribution in [0.5, 0.6) is 0 Å². The summed E-state index contributed by atoms with van der Waals surface area (Å²) in [6.45, 7) is 5.24. The maximum Gasteiger partial charge on any atom is 0.254 e. The summed E-state index contributed by atoms with van der Waals surface area (Å²) in [5.41, 5.74) is 11.2. The molecule has 5 heterocycles. The average molecular weight is 622 g/mol. The number of amides is 1. The Morgan fingerprint density at radius 3 is 2.46 bits per heavy atom. The lowest BCUT2D eigenvalue weighted by Gasteiger charge is -2.36. The second kappa shape index (κ2) is 13.2. The van der Waals surface area contributed by atoms with Crippen LogP contribution in [0.4, 0.5) is 22.0 Å². The number of ether oxygens (including phenoxy) is 1. The molecule has 1 atom stereocenters. The largest absolute Gasteiger partial charge is 0.378 e. The highest BCUT2D eigenvalue weighted by atomic mass is 19.1. The van der Waals surface area contributed by atoms with Gasteiger partial charge in [-0.3, -0.25) is 9.78 Å². The predicted molar refractivity (Wildman–Crippen MR) is 174 cm³/mol. The van der Waals surface area contributed by atoms with E-state index in [9.17, 15) is 4.79 Å². The Kier molecular flexibility index (Phi) is 8.51. The maximum atomic E-state index is 15.5. The average Bonchev–Trinajstić information content (AvgIpc) is 3.11. The Morgan fingerprint density at radius 2 is 1.72 bits per heavy atom. The van der Waals surface area contributed by atoms with Crippen molar-refractivity contribution in [3.63, 3.8) is 0 Å². The van der Waals surface area contributed by atoms with E-state index in [1.807, 2.05) is 12.1 Å². The molecule has 46 heavy (non-hydrogen) atoms. The van der Waals surface area contributed by atoms with Crippen LogP contribution in [0.1, 0.15) is 45.9 Å². The summed E-state index contributed by atoms with van der Waals surface area (Å²) in [7, 11) is 0. The minimum Gasteiger partial charge on any atom is -0.378 e. The molecule has 0 spiro atoms. The van der Waals surface area contributed by atoms with Crippen LogP contribution < -0.4 is 15.5 Å². The molecular formula is C34H36FN9O2. The summed E-state index contributed by atoms with van der Waals surface area (Å²) < 4.78 is 21.0. The van der Waals surface area contributed by atoms with E-state index in [2.05, 4.69) is 36.9 Å². The van der Waals surface area contributed by atoms with Crippen LogP contribution in [0, 0.1) is 5.82 Å². The van der Waals surface area contributed by atoms with Crippen molar-refractivity contribution in [2.24, 2.45) is 0 Å². The lowest BCUT2D eigenvalue weighted by molar-refractivity contribution is 0.0746. The molecule has 11 nitrogen and oxygen atoms in total. The van der Waals surface area contributed by atoms with Gasteiger partial charge in [0.2, 0.25) is 11.9 Å². The molecule has 0 radical (unpaired) electrons. The van der Waals surface area contributed by atoms with Crippen molar-refractivity contribution < 1.29 is 13.9 Å². The van der Waals surface area contributed by atoms with Crippen molar-refractivity contribution in [3.05, 3.63) is 89.4 Å². The van der Waals surface area contributed by atoms with Crippen LogP contribution >= 0.6 is 0 Å². The number of carbonyl (C=O) groups excluding carboxylic acids is 1. The van der Waals surface area contributed by atoms with Gasteiger partial charge in [-0.15, -0.1) is 0 Å². The number of anilines is 3. The number of rotatable bonds is 7. The summed E-state index contributed by atoms with van der Waals surface area (Å²) in [5.74, 6) is 0.409. The van der Waals surface area contributed by atoms with E-state index in [-0.39, 0.29) is 23.6 Å². The zero-order valence-electron chi connectivity index (χ0n) is 25.6. The summed E-state index contributed by atoms with van der Waals surface area (Å²) in [6.07, 6.45) is 13.1. The normalized spacial score (nSPS) is 18.0. The third kappa shape index (κ3) is 6.25. The minimum absolute atomic E-state index is 0.0636. The fourth-order valence-electron chi connectivity index (χ4n) is 6.37. The second-order valence-corrected chi connectivity index (χ2v) is 11.8. The number of aryl methyl sites for hydroxylation is 1. The van der Waals surface area contributed by atoms with Crippen LogP contribution in [0.15, 0.2) is 61.2 Å². The molecule has 4 aromatic rings. The number of aromatic nitrogens is 5. The molecule has 1 aliphatic carbocycles. The SMILES string of the molecule is Nc1ncc(-c2nc(N3CCOCC3)nc3c2C=CCC3CCc2ccc(C(=O)N3CCN(c4ccncc4)CC3)cc2F)cn1. The van der Waals surface area contributed by atoms with Crippen molar-refractivity contribution in [3.8, 4) is 11.3 Å². The first-order valence-electron chi connectivity index (χ1n) is 15.8. The van der Waals surface area contributed by atoms with Gasteiger partial charge in [-0.05, 0) is 49.1 Å². The first kappa shape index (κ1) is 29.7. The maximum absolute atomic E-state index is 15.5. The van der Waals surface area contributed by atoms with E-state index in [0.29, 0.717) is 69.3 Å². The van der Waals surface area contributed by atoms with Crippen molar-refractivity contribution in [1.82, 2.24) is 29.8 Å². The third-order valence-corrected chi connectivity index (χ3v) is 8.95. The van der Waals surface area contributed by atoms with Crippen LogP contribution in [0.3, 0.4) is 0 Å². The molecule has 3 aromatic heterocycles. The van der Waals surface area contributed by atoms with Gasteiger partial charge in [-0.2, -0.15) is 0 Å². The highest BCUT2D eigenvalue weighted by molar-refractivity contribution is 5.94. The Balaban J connectivity index is 1.06. The third-order valence-electron chi connectivity index (χ3n) is 8.95. The van der Waals surface area contributed by atoms with Gasteiger partial charge in [0.25, 0.3) is 5.91 Å². The van der Waals surface area contributed by atoms with Crippen molar-refractivity contribution in [2.75, 3.05) is 68.0 Å². The Bertz CT molecular complexity index is 1720. The summed E-state index contributed by atoms with van der Waals surface area (Å²) >= 11 is 0. The Morgan fingerprint density at radius 1 is 0.957 bits per heavy atom. The first-order valence-corrected chi connectivity index (χ1v) is 15.8. The van der Waals surface area contributed by atoms with Crippen molar-refractivity contribution in [2.45, 2.75) is 25.2 Å². The molecule has 2 saturated heterocycles. The van der Waals surface area contributed by atoms with Gasteiger partial charge in [-0.25, -0.2) is 24.3 Å². The standard InChI is InChI=1S/C34H36FN9O2/c35-29-20-25(32(45)43-14-12-42(13-15-43)27-8-10-37-11-9-27)7-5-23(29)4-6-24-2-1-3-28-30(24)40-34(44-16-18-46-19-17-44)41-31(28)26-21-38-33(36)39-22-26/h1,3,5,7-11,20-22,24H,2,4,6,12-19H2,(H2,36,38,39). The van der Waals surface area contributed by atoms with Crippen LogP contribution in [0.2, 0.25) is 0 Å². The number of benzene rings is 1. The monoisotopic (exact) mass is 621 g/mol. The second-order valence-electron chi connectivity index (χ2n) is 11.8. The van der Waals surface area contributed by atoms with E-state index >= 15 is 4.39 Å². The Labute approximate surface area is 267 Å². The molecule has 0 bridgehead atoms. The summed E-state index contributed by atoms with van der Waals surface area (Å²) in [6, 6.07) is 8.84. The highest BCUT2D eigenvalue weighted by Gasteiger charge is 2.27. The molecule has 1 amide bonds. The van der Waals surface area contributed by atoms with E-state index < -0.39 is 0 Å². The molecule has 2 aliphatic heterocycles. The molecule has 3 aliphatic rings. The minimum atomic E-state index is -0.357. The molecular weight excluding hydrogens is 585 g/mol. The number of halogens is 1. The first-order chi connectivity index (χ1) is 22.5. The number of morpholine rings is 1. The number of hydrogen-bond acceptors (Lipinski definition) is 10. The smallest absolute Gasteiger partial charge is 0.254 e. The number of piperazine rings is 1. The zero-order valence-corrected chi connectivity index (χ0v) is 25.6. The van der Waals surface area contributed by atoms with Gasteiger partial charge < -0.3 is 25.2 Å². The topological polar surface area (TPSA) is 126 Å². The molecule has 2 fully saturated rings. The fraction of sp³-hybridized carbons (Fsp3) is 0.353. The molecule has 2 N–H and O–H groups in total. The quantitative estimate of drug-likeness (QED) is 0.324. The van der Waals surface area contributed by atoms with Crippen LogP contribution in [-0.2, 0) is 11.2 Å². The number of nitrogen functional groups attached to an aromatic ring is 1. The van der Waals surface area contributed by atoms with Gasteiger partial charge >= 0.3 is 0 Å². The van der Waals surface area contributed by atoms with E-state index in [1.165, 1.54) is 6.07 Å². The number of hydrogen-bond donors (Lipinski definition) is 1. The van der Waals surface area contributed by atoms with Crippen LogP contribution in [0.25, 0.3) is 17.3 Å². The number of allylic oxidation sites excluding steroid dienone is 1. The molecule has 12 heteroatoms. The number of fused-ring (bicyclic) bond motifs is 1. The summed E-state index contributed by atoms with van der Waals surface area (Å²) in [4.78, 5) is 41.9.